The molecule has 0 radical (unpaired) electrons. The molecule has 0 aromatic carbocycles. The van der Waals surface area contributed by atoms with Crippen molar-refractivity contribution in [3.8, 4) is 0 Å². The largest absolute Gasteiger partial charge is 0.472 e. The topological polar surface area (TPSA) is 237 Å². The Hall–Kier alpha value is -1.94. The van der Waals surface area contributed by atoms with Crippen molar-refractivity contribution in [2.75, 3.05) is 39.6 Å². The number of ether oxygens (including phenoxy) is 4. The predicted octanol–water partition coefficient (Wildman–Crippen LogP) is 22.9. The van der Waals surface area contributed by atoms with Gasteiger partial charge in [-0.2, -0.15) is 0 Å². The van der Waals surface area contributed by atoms with E-state index < -0.39 is 97.5 Å². The zero-order valence-corrected chi connectivity index (χ0v) is 64.3. The number of unbranched alkanes of at least 4 members (excludes halogenated alkanes) is 49. The van der Waals surface area contributed by atoms with Gasteiger partial charge in [-0.05, 0) is 31.6 Å². The predicted molar refractivity (Wildman–Crippen MR) is 391 cm³/mol. The maximum Gasteiger partial charge on any atom is 0.472 e. The van der Waals surface area contributed by atoms with Crippen molar-refractivity contribution >= 4 is 39.5 Å². The van der Waals surface area contributed by atoms with Gasteiger partial charge in [-0.25, -0.2) is 9.13 Å². The van der Waals surface area contributed by atoms with E-state index in [9.17, 15) is 43.2 Å². The van der Waals surface area contributed by atoms with Crippen LogP contribution in [0.4, 0.5) is 0 Å². The molecule has 0 heterocycles. The Kier molecular flexibility index (Phi) is 68.7. The van der Waals surface area contributed by atoms with E-state index in [1.807, 2.05) is 0 Å². The first-order chi connectivity index (χ1) is 46.5. The van der Waals surface area contributed by atoms with Gasteiger partial charge in [0, 0.05) is 25.7 Å². The summed E-state index contributed by atoms with van der Waals surface area (Å²) in [6, 6.07) is 0. The summed E-state index contributed by atoms with van der Waals surface area (Å²) >= 11 is 0. The van der Waals surface area contributed by atoms with E-state index in [-0.39, 0.29) is 25.7 Å². The van der Waals surface area contributed by atoms with E-state index in [1.54, 1.807) is 0 Å². The zero-order chi connectivity index (χ0) is 70.5. The molecule has 0 aromatic rings. The lowest BCUT2D eigenvalue weighted by atomic mass is 10.0. The quantitative estimate of drug-likeness (QED) is 0.0222. The van der Waals surface area contributed by atoms with Gasteiger partial charge < -0.3 is 33.8 Å². The Morgan fingerprint density at radius 1 is 0.281 bits per heavy atom. The molecule has 96 heavy (non-hydrogen) atoms. The molecule has 2 unspecified atom stereocenters. The normalized spacial score (nSPS) is 13.9. The smallest absolute Gasteiger partial charge is 0.462 e. The number of phosphoric ester groups is 2. The number of phosphoric acid groups is 2. The molecular formula is C77H150O17P2. The summed E-state index contributed by atoms with van der Waals surface area (Å²) in [5.74, 6) is -1.33. The SMILES string of the molecule is CCCCCCCCCCCCCCCCCCCC(=O)O[C@H](COC(=O)CCCCCCCCCCCCCCC(C)C)COP(=O)(O)OC[C@@H](O)COP(=O)(O)OC[C@@H](COC(=O)CCCCCCCCCCCCCC)OC(=O)CCCCCCCCCCCCCC. The van der Waals surface area contributed by atoms with Crippen LogP contribution >= 0.6 is 15.6 Å². The van der Waals surface area contributed by atoms with Crippen molar-refractivity contribution in [3.63, 3.8) is 0 Å². The first-order valence-corrected chi connectivity index (χ1v) is 43.1. The number of hydrogen-bond donors (Lipinski definition) is 3. The molecule has 0 aliphatic rings. The van der Waals surface area contributed by atoms with E-state index in [4.69, 9.17) is 37.0 Å². The van der Waals surface area contributed by atoms with Crippen LogP contribution in [0.5, 0.6) is 0 Å². The number of carbonyl (C=O) groups excluding carboxylic acids is 4. The Balaban J connectivity index is 5.25. The van der Waals surface area contributed by atoms with Crippen LogP contribution in [0, 0.1) is 5.92 Å². The maximum absolute atomic E-state index is 13.1. The lowest BCUT2D eigenvalue weighted by Gasteiger charge is -2.21. The first-order valence-electron chi connectivity index (χ1n) is 40.1. The van der Waals surface area contributed by atoms with E-state index in [0.717, 1.165) is 95.8 Å². The number of aliphatic hydroxyl groups excluding tert-OH is 1. The van der Waals surface area contributed by atoms with Crippen LogP contribution in [0.25, 0.3) is 0 Å². The highest BCUT2D eigenvalue weighted by atomic mass is 31.2. The van der Waals surface area contributed by atoms with Gasteiger partial charge in [0.25, 0.3) is 0 Å². The second-order valence-electron chi connectivity index (χ2n) is 28.2. The van der Waals surface area contributed by atoms with Gasteiger partial charge in [0.05, 0.1) is 26.4 Å². The van der Waals surface area contributed by atoms with Crippen LogP contribution < -0.4 is 0 Å². The Labute approximate surface area is 588 Å². The second kappa shape index (κ2) is 70.1. The van der Waals surface area contributed by atoms with Crippen molar-refractivity contribution in [1.29, 1.82) is 0 Å². The Morgan fingerprint density at radius 2 is 0.479 bits per heavy atom. The molecule has 5 atom stereocenters. The average Bonchev–Trinajstić information content (AvgIpc) is 1.16. The van der Waals surface area contributed by atoms with Crippen molar-refractivity contribution in [2.24, 2.45) is 5.92 Å². The fraction of sp³-hybridized carbons (Fsp3) is 0.948. The summed E-state index contributed by atoms with van der Waals surface area (Å²) in [6.45, 7) is 7.32. The fourth-order valence-electron chi connectivity index (χ4n) is 11.9. The van der Waals surface area contributed by atoms with E-state index >= 15 is 0 Å². The molecule has 0 saturated carbocycles. The van der Waals surface area contributed by atoms with Gasteiger partial charge in [0.15, 0.2) is 12.2 Å². The summed E-state index contributed by atoms with van der Waals surface area (Å²) in [6.07, 6.45) is 59.4. The van der Waals surface area contributed by atoms with Gasteiger partial charge in [0.1, 0.15) is 19.3 Å². The van der Waals surface area contributed by atoms with Gasteiger partial charge >= 0.3 is 39.5 Å². The van der Waals surface area contributed by atoms with E-state index in [0.29, 0.717) is 25.7 Å². The Bertz CT molecular complexity index is 1840. The van der Waals surface area contributed by atoms with Crippen LogP contribution in [0.1, 0.15) is 407 Å². The minimum absolute atomic E-state index is 0.108. The average molecular weight is 1410 g/mol. The van der Waals surface area contributed by atoms with Crippen LogP contribution in [0.3, 0.4) is 0 Å². The highest BCUT2D eigenvalue weighted by Crippen LogP contribution is 2.45. The summed E-state index contributed by atoms with van der Waals surface area (Å²) < 4.78 is 68.6. The summed E-state index contributed by atoms with van der Waals surface area (Å²) in [5.41, 5.74) is 0. The summed E-state index contributed by atoms with van der Waals surface area (Å²) in [7, 11) is -9.91. The van der Waals surface area contributed by atoms with Crippen molar-refractivity contribution in [2.45, 2.75) is 425 Å². The Morgan fingerprint density at radius 3 is 0.708 bits per heavy atom. The van der Waals surface area contributed by atoms with Crippen LogP contribution in [0.2, 0.25) is 0 Å². The molecule has 0 saturated heterocycles. The highest BCUT2D eigenvalue weighted by Gasteiger charge is 2.30. The number of hydrogen-bond acceptors (Lipinski definition) is 15. The molecule has 0 rings (SSSR count). The molecule has 0 fully saturated rings. The minimum Gasteiger partial charge on any atom is -0.462 e. The van der Waals surface area contributed by atoms with Crippen LogP contribution in [0.15, 0.2) is 0 Å². The number of rotatable bonds is 77. The standard InChI is InChI=1S/C77H150O17P2/c1-6-9-12-15-18-21-24-27-28-29-30-31-38-43-48-53-58-63-77(82)94-73(67-88-75(80)61-56-51-46-41-37-33-32-34-39-44-49-54-59-70(4)5)69-92-96(85,86)90-65-71(78)64-89-95(83,84)91-68-72(93-76(81)62-57-52-47-42-36-26-23-20-17-14-11-8-3)66-87-74(79)60-55-50-45-40-35-25-22-19-16-13-10-7-2/h70-73,78H,6-69H2,1-5H3,(H,83,84)(H,85,86)/t71-,72+,73+/m0/s1. The van der Waals surface area contributed by atoms with Crippen LogP contribution in [-0.4, -0.2) is 96.7 Å². The van der Waals surface area contributed by atoms with Crippen molar-refractivity contribution < 1.29 is 80.2 Å². The van der Waals surface area contributed by atoms with E-state index in [2.05, 4.69) is 34.6 Å². The molecule has 0 spiro atoms. The third kappa shape index (κ3) is 70.5. The third-order valence-corrected chi connectivity index (χ3v) is 19.9. The van der Waals surface area contributed by atoms with Gasteiger partial charge in [-0.15, -0.1) is 0 Å². The molecule has 17 nitrogen and oxygen atoms in total. The van der Waals surface area contributed by atoms with E-state index in [1.165, 1.54) is 231 Å². The minimum atomic E-state index is -4.96. The highest BCUT2D eigenvalue weighted by molar-refractivity contribution is 7.47. The van der Waals surface area contributed by atoms with Gasteiger partial charge in [0.2, 0.25) is 0 Å². The summed E-state index contributed by atoms with van der Waals surface area (Å²) in [5, 5.41) is 10.6. The van der Waals surface area contributed by atoms with Crippen molar-refractivity contribution in [1.82, 2.24) is 0 Å². The van der Waals surface area contributed by atoms with Crippen LogP contribution in [-0.2, 0) is 65.4 Å². The molecule has 3 N–H and O–H groups in total. The molecule has 0 amide bonds. The molecule has 19 heteroatoms. The molecule has 0 aromatic heterocycles. The number of esters is 4. The summed E-state index contributed by atoms with van der Waals surface area (Å²) in [4.78, 5) is 72.9. The first kappa shape index (κ1) is 94.1. The second-order valence-corrected chi connectivity index (χ2v) is 31.1. The molecule has 0 aliphatic heterocycles. The molecule has 570 valence electrons. The maximum atomic E-state index is 13.1. The molecule has 0 aliphatic carbocycles. The van der Waals surface area contributed by atoms with Gasteiger partial charge in [-0.1, -0.05) is 356 Å². The number of aliphatic hydroxyl groups is 1. The van der Waals surface area contributed by atoms with Gasteiger partial charge in [-0.3, -0.25) is 37.3 Å². The zero-order valence-electron chi connectivity index (χ0n) is 62.5. The lowest BCUT2D eigenvalue weighted by Crippen LogP contribution is -2.30. The lowest BCUT2D eigenvalue weighted by molar-refractivity contribution is -0.161. The van der Waals surface area contributed by atoms with Crippen molar-refractivity contribution in [3.05, 3.63) is 0 Å². The fourth-order valence-corrected chi connectivity index (χ4v) is 13.5. The monoisotopic (exact) mass is 1410 g/mol. The third-order valence-electron chi connectivity index (χ3n) is 18.0. The molecular weight excluding hydrogens is 1260 g/mol. The molecule has 0 bridgehead atoms. The number of carbonyl (C=O) groups is 4.